The summed E-state index contributed by atoms with van der Waals surface area (Å²) in [6.45, 7) is 2.76. The molecule has 1 amide bonds. The molecule has 6 nitrogen and oxygen atoms in total. The standard InChI is InChI=1S/C17H17NO5S/c1-2-18(8-12-3-4-14-15(7-12)23-11-22-14)16(19)9-21-17(20)13-5-6-24-10-13/h3-7,10H,2,8-9,11H2,1H3. The predicted octanol–water partition coefficient (Wildman–Crippen LogP) is 2.68. The first-order chi connectivity index (χ1) is 11.7. The van der Waals surface area contributed by atoms with E-state index in [1.54, 1.807) is 21.7 Å². The lowest BCUT2D eigenvalue weighted by atomic mass is 10.2. The van der Waals surface area contributed by atoms with Crippen LogP contribution in [-0.4, -0.2) is 36.7 Å². The average molecular weight is 347 g/mol. The van der Waals surface area contributed by atoms with Crippen molar-refractivity contribution in [3.05, 3.63) is 46.2 Å². The lowest BCUT2D eigenvalue weighted by Crippen LogP contribution is -2.34. The predicted molar refractivity (Wildman–Crippen MR) is 88.3 cm³/mol. The van der Waals surface area contributed by atoms with Crippen LogP contribution in [0.25, 0.3) is 0 Å². The minimum absolute atomic E-state index is 0.216. The Labute approximate surface area is 143 Å². The summed E-state index contributed by atoms with van der Waals surface area (Å²) in [4.78, 5) is 25.7. The van der Waals surface area contributed by atoms with Gasteiger partial charge in [-0.1, -0.05) is 6.07 Å². The molecule has 0 aliphatic carbocycles. The van der Waals surface area contributed by atoms with Gasteiger partial charge >= 0.3 is 5.97 Å². The summed E-state index contributed by atoms with van der Waals surface area (Å²) in [6, 6.07) is 7.24. The lowest BCUT2D eigenvalue weighted by Gasteiger charge is -2.21. The Hall–Kier alpha value is -2.54. The van der Waals surface area contributed by atoms with Gasteiger partial charge in [0.25, 0.3) is 5.91 Å². The second-order valence-electron chi connectivity index (χ2n) is 5.18. The van der Waals surface area contributed by atoms with Crippen molar-refractivity contribution in [1.29, 1.82) is 0 Å². The fourth-order valence-corrected chi connectivity index (χ4v) is 2.94. The van der Waals surface area contributed by atoms with Gasteiger partial charge in [0.2, 0.25) is 6.79 Å². The quantitative estimate of drug-likeness (QED) is 0.752. The third kappa shape index (κ3) is 3.68. The summed E-state index contributed by atoms with van der Waals surface area (Å²) in [5.74, 6) is 0.667. The normalized spacial score (nSPS) is 12.0. The fraction of sp³-hybridized carbons (Fsp3) is 0.294. The Kier molecular flexibility index (Phi) is 5.00. The molecule has 0 fully saturated rings. The van der Waals surface area contributed by atoms with Crippen LogP contribution in [0.4, 0.5) is 0 Å². The van der Waals surface area contributed by atoms with E-state index in [4.69, 9.17) is 14.2 Å². The smallest absolute Gasteiger partial charge is 0.339 e. The number of hydrogen-bond donors (Lipinski definition) is 0. The number of thiophene rings is 1. The SMILES string of the molecule is CCN(Cc1ccc2c(c1)OCO2)C(=O)COC(=O)c1ccsc1. The number of esters is 1. The first-order valence-electron chi connectivity index (χ1n) is 7.53. The molecule has 2 heterocycles. The number of fused-ring (bicyclic) bond motifs is 1. The molecule has 2 aromatic rings. The molecule has 0 spiro atoms. The molecule has 0 bridgehead atoms. The number of rotatable bonds is 6. The Bertz CT molecular complexity index is 729. The van der Waals surface area contributed by atoms with Crippen molar-refractivity contribution in [2.75, 3.05) is 19.9 Å². The molecule has 0 radical (unpaired) electrons. The van der Waals surface area contributed by atoms with E-state index in [1.165, 1.54) is 11.3 Å². The van der Waals surface area contributed by atoms with Crippen LogP contribution >= 0.6 is 11.3 Å². The maximum Gasteiger partial charge on any atom is 0.339 e. The van der Waals surface area contributed by atoms with Crippen LogP contribution in [-0.2, 0) is 16.1 Å². The molecule has 1 aromatic heterocycles. The summed E-state index contributed by atoms with van der Waals surface area (Å²) in [6.07, 6.45) is 0. The topological polar surface area (TPSA) is 65.1 Å². The third-order valence-electron chi connectivity index (χ3n) is 3.63. The average Bonchev–Trinajstić information content (AvgIpc) is 3.27. The second-order valence-corrected chi connectivity index (χ2v) is 5.96. The largest absolute Gasteiger partial charge is 0.454 e. The monoisotopic (exact) mass is 347 g/mol. The number of likely N-dealkylation sites (N-methyl/N-ethyl adjacent to an activating group) is 1. The van der Waals surface area contributed by atoms with Crippen molar-refractivity contribution >= 4 is 23.2 Å². The van der Waals surface area contributed by atoms with Gasteiger partial charge in [-0.15, -0.1) is 0 Å². The van der Waals surface area contributed by atoms with Crippen molar-refractivity contribution in [3.63, 3.8) is 0 Å². The molecule has 7 heteroatoms. The first-order valence-corrected chi connectivity index (χ1v) is 8.47. The minimum Gasteiger partial charge on any atom is -0.454 e. The van der Waals surface area contributed by atoms with Crippen LogP contribution in [0.5, 0.6) is 11.5 Å². The molecule has 0 unspecified atom stereocenters. The van der Waals surface area contributed by atoms with Crippen molar-refractivity contribution in [2.24, 2.45) is 0 Å². The van der Waals surface area contributed by atoms with E-state index in [0.29, 0.717) is 30.2 Å². The van der Waals surface area contributed by atoms with Gasteiger partial charge in [-0.3, -0.25) is 4.79 Å². The maximum absolute atomic E-state index is 12.3. The van der Waals surface area contributed by atoms with E-state index in [0.717, 1.165) is 5.56 Å². The van der Waals surface area contributed by atoms with Gasteiger partial charge in [0.05, 0.1) is 5.56 Å². The number of nitrogens with zero attached hydrogens (tertiary/aromatic N) is 1. The van der Waals surface area contributed by atoms with Crippen LogP contribution in [0, 0.1) is 0 Å². The zero-order valence-corrected chi connectivity index (χ0v) is 14.0. The molecule has 3 rings (SSSR count). The Balaban J connectivity index is 1.57. The van der Waals surface area contributed by atoms with Gasteiger partial charge in [-0.2, -0.15) is 11.3 Å². The van der Waals surface area contributed by atoms with E-state index in [-0.39, 0.29) is 19.3 Å². The van der Waals surface area contributed by atoms with Gasteiger partial charge < -0.3 is 19.1 Å². The summed E-state index contributed by atoms with van der Waals surface area (Å²) in [5.41, 5.74) is 1.39. The van der Waals surface area contributed by atoms with Crippen molar-refractivity contribution < 1.29 is 23.8 Å². The van der Waals surface area contributed by atoms with Crippen molar-refractivity contribution in [3.8, 4) is 11.5 Å². The molecule has 0 N–H and O–H groups in total. The molecule has 0 saturated heterocycles. The Morgan fingerprint density at radius 2 is 2.08 bits per heavy atom. The van der Waals surface area contributed by atoms with Gasteiger partial charge in [0, 0.05) is 18.5 Å². The van der Waals surface area contributed by atoms with Crippen molar-refractivity contribution in [1.82, 2.24) is 4.90 Å². The molecule has 126 valence electrons. The highest BCUT2D eigenvalue weighted by molar-refractivity contribution is 7.08. The van der Waals surface area contributed by atoms with Gasteiger partial charge in [0.15, 0.2) is 18.1 Å². The third-order valence-corrected chi connectivity index (χ3v) is 4.31. The van der Waals surface area contributed by atoms with Gasteiger partial charge in [0.1, 0.15) is 0 Å². The van der Waals surface area contributed by atoms with E-state index < -0.39 is 5.97 Å². The Morgan fingerprint density at radius 3 is 2.83 bits per heavy atom. The fourth-order valence-electron chi connectivity index (χ4n) is 2.32. The lowest BCUT2D eigenvalue weighted by molar-refractivity contribution is -0.134. The number of benzene rings is 1. The van der Waals surface area contributed by atoms with Crippen LogP contribution in [0.15, 0.2) is 35.0 Å². The number of hydrogen-bond acceptors (Lipinski definition) is 6. The van der Waals surface area contributed by atoms with Crippen LogP contribution in [0.2, 0.25) is 0 Å². The molecule has 1 aliphatic heterocycles. The zero-order chi connectivity index (χ0) is 16.9. The van der Waals surface area contributed by atoms with Crippen LogP contribution in [0.1, 0.15) is 22.8 Å². The number of carbonyl (C=O) groups excluding carboxylic acids is 2. The molecular weight excluding hydrogens is 330 g/mol. The van der Waals surface area contributed by atoms with Crippen LogP contribution in [0.3, 0.4) is 0 Å². The highest BCUT2D eigenvalue weighted by Gasteiger charge is 2.18. The summed E-state index contributed by atoms with van der Waals surface area (Å²) >= 11 is 1.41. The Morgan fingerprint density at radius 1 is 1.25 bits per heavy atom. The minimum atomic E-state index is -0.483. The molecule has 1 aromatic carbocycles. The van der Waals surface area contributed by atoms with Gasteiger partial charge in [-0.25, -0.2) is 4.79 Å². The summed E-state index contributed by atoms with van der Waals surface area (Å²) < 4.78 is 15.7. The van der Waals surface area contributed by atoms with E-state index >= 15 is 0 Å². The first kappa shape index (κ1) is 16.3. The molecule has 1 aliphatic rings. The van der Waals surface area contributed by atoms with Gasteiger partial charge in [-0.05, 0) is 36.1 Å². The number of ether oxygens (including phenoxy) is 3. The van der Waals surface area contributed by atoms with E-state index in [1.807, 2.05) is 25.1 Å². The molecular formula is C17H17NO5S. The van der Waals surface area contributed by atoms with E-state index in [9.17, 15) is 9.59 Å². The molecule has 24 heavy (non-hydrogen) atoms. The summed E-state index contributed by atoms with van der Waals surface area (Å²) in [5, 5.41) is 3.48. The number of carbonyl (C=O) groups is 2. The highest BCUT2D eigenvalue weighted by Crippen LogP contribution is 2.32. The van der Waals surface area contributed by atoms with E-state index in [2.05, 4.69) is 0 Å². The van der Waals surface area contributed by atoms with Crippen molar-refractivity contribution in [2.45, 2.75) is 13.5 Å². The molecule has 0 saturated carbocycles. The highest BCUT2D eigenvalue weighted by atomic mass is 32.1. The number of amides is 1. The maximum atomic E-state index is 12.3. The zero-order valence-electron chi connectivity index (χ0n) is 13.2. The second kappa shape index (κ2) is 7.35. The summed E-state index contributed by atoms with van der Waals surface area (Å²) in [7, 11) is 0. The van der Waals surface area contributed by atoms with Crippen LogP contribution < -0.4 is 9.47 Å². The molecule has 0 atom stereocenters.